The van der Waals surface area contributed by atoms with Crippen molar-refractivity contribution in [1.82, 2.24) is 4.90 Å². The second-order valence-electron chi connectivity index (χ2n) is 6.38. The molecule has 0 unspecified atom stereocenters. The van der Waals surface area contributed by atoms with Gasteiger partial charge in [-0.3, -0.25) is 10.1 Å². The molecule has 0 radical (unpaired) electrons. The summed E-state index contributed by atoms with van der Waals surface area (Å²) in [5, 5.41) is 17.3. The van der Waals surface area contributed by atoms with Crippen LogP contribution >= 0.6 is 35.2 Å². The van der Waals surface area contributed by atoms with Crippen molar-refractivity contribution in [2.45, 2.75) is 25.3 Å². The number of thiophene rings is 1. The molecular weight excluding hydrogens is 378 g/mol. The van der Waals surface area contributed by atoms with E-state index in [4.69, 9.17) is 23.8 Å². The zero-order valence-corrected chi connectivity index (χ0v) is 15.7. The van der Waals surface area contributed by atoms with Gasteiger partial charge in [-0.05, 0) is 60.5 Å². The molecule has 0 bridgehead atoms. The summed E-state index contributed by atoms with van der Waals surface area (Å²) in [4.78, 5) is 14.2. The molecule has 1 aliphatic carbocycles. The Morgan fingerprint density at radius 2 is 2.20 bits per heavy atom. The van der Waals surface area contributed by atoms with Crippen LogP contribution in [0.1, 0.15) is 29.3 Å². The predicted octanol–water partition coefficient (Wildman–Crippen LogP) is 5.02. The molecule has 4 rings (SSSR count). The average Bonchev–Trinajstić information content (AvgIpc) is 3.31. The number of thiocarbonyl (C=S) groups is 1. The maximum absolute atomic E-state index is 11.0. The van der Waals surface area contributed by atoms with Crippen molar-refractivity contribution in [3.05, 3.63) is 55.2 Å². The maximum Gasteiger partial charge on any atom is 0.271 e. The Labute approximate surface area is 159 Å². The van der Waals surface area contributed by atoms with Crippen LogP contribution in [0, 0.1) is 16.0 Å². The van der Waals surface area contributed by atoms with Crippen molar-refractivity contribution < 1.29 is 4.92 Å². The highest BCUT2D eigenvalue weighted by atomic mass is 35.5. The molecule has 2 heterocycles. The Hall–Kier alpha value is -1.70. The molecule has 1 N–H and O–H groups in total. The van der Waals surface area contributed by atoms with Crippen LogP contribution in [0.4, 0.5) is 11.4 Å². The van der Waals surface area contributed by atoms with Crippen LogP contribution in [-0.2, 0) is 6.42 Å². The normalized spacial score (nSPS) is 19.4. The second-order valence-corrected chi connectivity index (χ2v) is 8.17. The van der Waals surface area contributed by atoms with Gasteiger partial charge in [0.2, 0.25) is 0 Å². The Morgan fingerprint density at radius 3 is 2.92 bits per heavy atom. The number of hydrogen-bond donors (Lipinski definition) is 1. The maximum atomic E-state index is 11.0. The summed E-state index contributed by atoms with van der Waals surface area (Å²) in [6.45, 7) is 0.854. The van der Waals surface area contributed by atoms with E-state index in [-0.39, 0.29) is 5.69 Å². The molecule has 0 saturated heterocycles. The first kappa shape index (κ1) is 16.8. The number of non-ortho nitro benzene ring substituents is 1. The molecule has 2 aromatic rings. The standard InChI is InChI=1S/C17H16ClN3O2S2/c18-13-4-3-11(21(22)23)9-14(13)19-17(24)20-7-5-15-12(6-8-25-15)16(20)10-1-2-10/h3-4,6,8-10,16H,1-2,5,7H2,(H,19,24)/t16-/m1/s1. The minimum Gasteiger partial charge on any atom is -0.341 e. The first-order chi connectivity index (χ1) is 12.0. The second kappa shape index (κ2) is 6.55. The number of benzene rings is 1. The molecule has 1 atom stereocenters. The number of anilines is 1. The minimum atomic E-state index is -0.434. The van der Waals surface area contributed by atoms with Crippen LogP contribution in [0.25, 0.3) is 0 Å². The summed E-state index contributed by atoms with van der Waals surface area (Å²) >= 11 is 13.7. The lowest BCUT2D eigenvalue weighted by Crippen LogP contribution is -2.42. The first-order valence-electron chi connectivity index (χ1n) is 8.12. The van der Waals surface area contributed by atoms with Crippen LogP contribution in [-0.4, -0.2) is 21.5 Å². The molecule has 8 heteroatoms. The molecule has 130 valence electrons. The largest absolute Gasteiger partial charge is 0.341 e. The van der Waals surface area contributed by atoms with Crippen molar-refractivity contribution in [2.75, 3.05) is 11.9 Å². The summed E-state index contributed by atoms with van der Waals surface area (Å²) in [7, 11) is 0. The number of hydrogen-bond acceptors (Lipinski definition) is 4. The van der Waals surface area contributed by atoms with Crippen LogP contribution < -0.4 is 5.32 Å². The SMILES string of the molecule is O=[N+]([O-])c1ccc(Cl)c(NC(=S)N2CCc3sccc3[C@H]2C2CC2)c1. The number of halogens is 1. The van der Waals surface area contributed by atoms with Gasteiger partial charge in [-0.1, -0.05) is 11.6 Å². The highest BCUT2D eigenvalue weighted by Crippen LogP contribution is 2.48. The fraction of sp³-hybridized carbons (Fsp3) is 0.353. The van der Waals surface area contributed by atoms with E-state index in [1.807, 2.05) is 11.3 Å². The van der Waals surface area contributed by atoms with E-state index in [1.54, 1.807) is 0 Å². The van der Waals surface area contributed by atoms with Gasteiger partial charge in [-0.15, -0.1) is 11.3 Å². The number of fused-ring (bicyclic) bond motifs is 1. The molecule has 1 aromatic carbocycles. The molecule has 1 aliphatic heterocycles. The molecule has 0 amide bonds. The van der Waals surface area contributed by atoms with Gasteiger partial charge in [-0.2, -0.15) is 0 Å². The minimum absolute atomic E-state index is 0.00721. The van der Waals surface area contributed by atoms with Gasteiger partial charge in [0, 0.05) is 23.6 Å². The predicted molar refractivity (Wildman–Crippen MR) is 105 cm³/mol. The van der Waals surface area contributed by atoms with Gasteiger partial charge in [0.1, 0.15) is 0 Å². The first-order valence-corrected chi connectivity index (χ1v) is 9.79. The van der Waals surface area contributed by atoms with E-state index < -0.39 is 4.92 Å². The Bertz CT molecular complexity index is 850. The molecule has 2 aliphatic rings. The van der Waals surface area contributed by atoms with Gasteiger partial charge >= 0.3 is 0 Å². The van der Waals surface area contributed by atoms with E-state index >= 15 is 0 Å². The van der Waals surface area contributed by atoms with Crippen molar-refractivity contribution in [2.24, 2.45) is 5.92 Å². The smallest absolute Gasteiger partial charge is 0.271 e. The van der Waals surface area contributed by atoms with E-state index in [0.29, 0.717) is 27.8 Å². The van der Waals surface area contributed by atoms with Crippen molar-refractivity contribution in [3.8, 4) is 0 Å². The Morgan fingerprint density at radius 1 is 1.40 bits per heavy atom. The molecule has 1 fully saturated rings. The topological polar surface area (TPSA) is 58.4 Å². The van der Waals surface area contributed by atoms with Crippen molar-refractivity contribution >= 4 is 51.6 Å². The molecular formula is C17H16ClN3O2S2. The molecule has 25 heavy (non-hydrogen) atoms. The summed E-state index contributed by atoms with van der Waals surface area (Å²) in [5.41, 5.74) is 1.85. The Balaban J connectivity index is 1.59. The summed E-state index contributed by atoms with van der Waals surface area (Å²) in [6, 6.07) is 6.85. The summed E-state index contributed by atoms with van der Waals surface area (Å²) in [5.74, 6) is 0.633. The van der Waals surface area contributed by atoms with Gasteiger partial charge in [0.15, 0.2) is 5.11 Å². The third-order valence-electron chi connectivity index (χ3n) is 4.75. The zero-order valence-electron chi connectivity index (χ0n) is 13.3. The average molecular weight is 394 g/mol. The number of nitro groups is 1. The Kier molecular flexibility index (Phi) is 4.39. The fourth-order valence-electron chi connectivity index (χ4n) is 3.40. The van der Waals surface area contributed by atoms with Crippen LogP contribution in [0.5, 0.6) is 0 Å². The van der Waals surface area contributed by atoms with E-state index in [2.05, 4.69) is 21.7 Å². The quantitative estimate of drug-likeness (QED) is 0.451. The van der Waals surface area contributed by atoms with Gasteiger partial charge in [-0.25, -0.2) is 0 Å². The van der Waals surface area contributed by atoms with Gasteiger partial charge in [0.25, 0.3) is 5.69 Å². The molecule has 1 aromatic heterocycles. The summed E-state index contributed by atoms with van der Waals surface area (Å²) < 4.78 is 0. The van der Waals surface area contributed by atoms with Crippen molar-refractivity contribution in [3.63, 3.8) is 0 Å². The van der Waals surface area contributed by atoms with Crippen LogP contribution in [0.2, 0.25) is 5.02 Å². The van der Waals surface area contributed by atoms with E-state index in [1.165, 1.54) is 41.5 Å². The molecule has 1 saturated carbocycles. The zero-order chi connectivity index (χ0) is 17.6. The van der Waals surface area contributed by atoms with E-state index in [0.717, 1.165) is 13.0 Å². The highest BCUT2D eigenvalue weighted by Gasteiger charge is 2.41. The highest BCUT2D eigenvalue weighted by molar-refractivity contribution is 7.80. The molecule has 0 spiro atoms. The number of nitrogens with zero attached hydrogens (tertiary/aromatic N) is 2. The lowest BCUT2D eigenvalue weighted by Gasteiger charge is -2.38. The lowest BCUT2D eigenvalue weighted by molar-refractivity contribution is -0.384. The van der Waals surface area contributed by atoms with Gasteiger partial charge in [0.05, 0.1) is 21.7 Å². The van der Waals surface area contributed by atoms with E-state index in [9.17, 15) is 10.1 Å². The van der Waals surface area contributed by atoms with Gasteiger partial charge < -0.3 is 10.2 Å². The number of nitro benzene ring substituents is 1. The third kappa shape index (κ3) is 3.23. The monoisotopic (exact) mass is 393 g/mol. The fourth-order valence-corrected chi connectivity index (χ4v) is 4.80. The number of nitrogens with one attached hydrogen (secondary N) is 1. The third-order valence-corrected chi connectivity index (χ3v) is 6.41. The lowest BCUT2D eigenvalue weighted by atomic mass is 9.96. The number of rotatable bonds is 3. The summed E-state index contributed by atoms with van der Waals surface area (Å²) in [6.07, 6.45) is 3.41. The van der Waals surface area contributed by atoms with Crippen LogP contribution in [0.3, 0.4) is 0 Å². The van der Waals surface area contributed by atoms with Crippen LogP contribution in [0.15, 0.2) is 29.6 Å². The molecule has 5 nitrogen and oxygen atoms in total. The van der Waals surface area contributed by atoms with Crippen molar-refractivity contribution in [1.29, 1.82) is 0 Å².